The maximum absolute atomic E-state index is 14.5. The first-order chi connectivity index (χ1) is 13.6. The van der Waals surface area contributed by atoms with Crippen molar-refractivity contribution in [1.29, 1.82) is 5.41 Å². The zero-order chi connectivity index (χ0) is 21.0. The normalized spacial score (nSPS) is 24.0. The number of sulfone groups is 1. The average Bonchev–Trinajstić information content (AvgIpc) is 3.44. The zero-order valence-corrected chi connectivity index (χ0v) is 15.8. The molecule has 1 atom stereocenters. The summed E-state index contributed by atoms with van der Waals surface area (Å²) in [7, 11) is -3.77. The molecule has 2 fully saturated rings. The Bertz CT molecular complexity index is 1130. The first-order valence-corrected chi connectivity index (χ1v) is 10.3. The third kappa shape index (κ3) is 3.15. The number of benzene rings is 1. The van der Waals surface area contributed by atoms with Gasteiger partial charge in [0.05, 0.1) is 11.9 Å². The minimum atomic E-state index is -3.77. The number of amides is 1. The van der Waals surface area contributed by atoms with Crippen LogP contribution in [0.5, 0.6) is 0 Å². The predicted octanol–water partition coefficient (Wildman–Crippen LogP) is 1.25. The monoisotopic (exact) mass is 421 g/mol. The van der Waals surface area contributed by atoms with Crippen molar-refractivity contribution in [3.05, 3.63) is 59.4 Å². The Hall–Kier alpha value is -2.92. The molecule has 11 heteroatoms. The summed E-state index contributed by atoms with van der Waals surface area (Å²) in [4.78, 5) is 15.9. The van der Waals surface area contributed by atoms with Crippen molar-refractivity contribution in [2.24, 2.45) is 5.73 Å². The maximum atomic E-state index is 14.5. The molecular weight excluding hydrogens is 404 g/mol. The Balaban J connectivity index is 1.64. The van der Waals surface area contributed by atoms with Crippen LogP contribution in [0, 0.1) is 17.0 Å². The number of nitrogens with zero attached hydrogens (tertiary/aromatic N) is 1. The van der Waals surface area contributed by atoms with E-state index >= 15 is 0 Å². The Labute approximate surface area is 164 Å². The second kappa shape index (κ2) is 6.29. The molecule has 1 spiro atoms. The van der Waals surface area contributed by atoms with Gasteiger partial charge in [-0.1, -0.05) is 0 Å². The number of carbonyl (C=O) groups is 1. The van der Waals surface area contributed by atoms with Gasteiger partial charge >= 0.3 is 0 Å². The van der Waals surface area contributed by atoms with Crippen LogP contribution >= 0.6 is 0 Å². The van der Waals surface area contributed by atoms with Gasteiger partial charge in [0, 0.05) is 11.3 Å². The summed E-state index contributed by atoms with van der Waals surface area (Å²) in [6.07, 6.45) is 1.55. The maximum Gasteiger partial charge on any atom is 0.274 e. The highest BCUT2D eigenvalue weighted by molar-refractivity contribution is 7.94. The van der Waals surface area contributed by atoms with Gasteiger partial charge in [-0.3, -0.25) is 10.2 Å². The second-order valence-corrected chi connectivity index (χ2v) is 9.53. The highest BCUT2D eigenvalue weighted by Crippen LogP contribution is 2.48. The first kappa shape index (κ1) is 19.4. The summed E-state index contributed by atoms with van der Waals surface area (Å²) in [6.45, 7) is 0. The molecule has 4 rings (SSSR count). The summed E-state index contributed by atoms with van der Waals surface area (Å²) in [5.74, 6) is -2.89. The molecule has 2 aromatic rings. The van der Waals surface area contributed by atoms with Crippen LogP contribution in [0.3, 0.4) is 0 Å². The number of hydrogen-bond donors (Lipinski definition) is 4. The van der Waals surface area contributed by atoms with Crippen LogP contribution in [0.15, 0.2) is 36.5 Å². The largest absolute Gasteiger partial charge is 0.350 e. The molecule has 1 aliphatic heterocycles. The molecule has 1 aliphatic carbocycles. The molecule has 1 amide bonds. The van der Waals surface area contributed by atoms with Crippen LogP contribution in [-0.2, 0) is 15.5 Å². The third-order valence-corrected chi connectivity index (χ3v) is 7.82. The predicted molar refractivity (Wildman–Crippen MR) is 101 cm³/mol. The number of hydrogen-bond acceptors (Lipinski definition) is 6. The summed E-state index contributed by atoms with van der Waals surface area (Å²) < 4.78 is 51.6. The highest BCUT2D eigenvalue weighted by atomic mass is 32.2. The fourth-order valence-corrected chi connectivity index (χ4v) is 5.63. The smallest absolute Gasteiger partial charge is 0.274 e. The van der Waals surface area contributed by atoms with Crippen LogP contribution in [0.4, 0.5) is 14.5 Å². The molecule has 0 bridgehead atoms. The lowest BCUT2D eigenvalue weighted by Crippen LogP contribution is -2.66. The molecule has 29 heavy (non-hydrogen) atoms. The number of amidine groups is 1. The summed E-state index contributed by atoms with van der Waals surface area (Å²) in [5, 5.41) is 13.2. The fraction of sp³-hybridized carbons (Fsp3) is 0.278. The number of nitrogens with two attached hydrogens (primary N) is 1. The molecule has 2 heterocycles. The number of halogens is 2. The van der Waals surface area contributed by atoms with E-state index in [1.165, 1.54) is 18.2 Å². The molecule has 0 radical (unpaired) electrons. The van der Waals surface area contributed by atoms with E-state index in [9.17, 15) is 22.0 Å². The van der Waals surface area contributed by atoms with Crippen molar-refractivity contribution >= 4 is 27.3 Å². The molecule has 152 valence electrons. The highest BCUT2D eigenvalue weighted by Gasteiger charge is 2.64. The summed E-state index contributed by atoms with van der Waals surface area (Å²) in [6, 6.07) is 5.78. The molecule has 2 aliphatic rings. The minimum absolute atomic E-state index is 0.0597. The summed E-state index contributed by atoms with van der Waals surface area (Å²) >= 11 is 0. The molecule has 1 saturated heterocycles. The Morgan fingerprint density at radius 2 is 1.97 bits per heavy atom. The molecule has 8 nitrogen and oxygen atoms in total. The third-order valence-electron chi connectivity index (χ3n) is 5.19. The van der Waals surface area contributed by atoms with E-state index in [-0.39, 0.29) is 22.8 Å². The van der Waals surface area contributed by atoms with Gasteiger partial charge in [0.15, 0.2) is 9.84 Å². The van der Waals surface area contributed by atoms with Crippen LogP contribution in [0.1, 0.15) is 28.9 Å². The van der Waals surface area contributed by atoms with Crippen molar-refractivity contribution in [2.75, 3.05) is 11.1 Å². The van der Waals surface area contributed by atoms with Gasteiger partial charge in [-0.15, -0.1) is 0 Å². The van der Waals surface area contributed by atoms with E-state index in [1.54, 1.807) is 0 Å². The van der Waals surface area contributed by atoms with Gasteiger partial charge < -0.3 is 16.4 Å². The van der Waals surface area contributed by atoms with Gasteiger partial charge in [-0.05, 0) is 43.2 Å². The van der Waals surface area contributed by atoms with Crippen molar-refractivity contribution in [2.45, 2.75) is 23.3 Å². The lowest BCUT2D eigenvalue weighted by atomic mass is 9.99. The van der Waals surface area contributed by atoms with Crippen molar-refractivity contribution in [3.63, 3.8) is 0 Å². The molecule has 1 saturated carbocycles. The van der Waals surface area contributed by atoms with E-state index in [4.69, 9.17) is 11.1 Å². The van der Waals surface area contributed by atoms with Crippen LogP contribution in [0.25, 0.3) is 0 Å². The SMILES string of the molecule is N=C1N[C@](N)(c2cc(NC(=O)c3ccc(F)cn3)ccc2F)CS(=O)(=O)C12CC2. The number of anilines is 1. The lowest BCUT2D eigenvalue weighted by Gasteiger charge is -2.39. The number of nitrogens with one attached hydrogen (secondary N) is 3. The number of aromatic nitrogens is 1. The van der Waals surface area contributed by atoms with Gasteiger partial charge in [0.1, 0.15) is 33.6 Å². The average molecular weight is 421 g/mol. The number of pyridine rings is 1. The molecule has 0 unspecified atom stereocenters. The van der Waals surface area contributed by atoms with Crippen molar-refractivity contribution in [1.82, 2.24) is 10.3 Å². The van der Waals surface area contributed by atoms with Crippen LogP contribution in [0.2, 0.25) is 0 Å². The zero-order valence-electron chi connectivity index (χ0n) is 15.0. The number of rotatable bonds is 3. The van der Waals surface area contributed by atoms with Crippen LogP contribution in [-0.4, -0.2) is 35.6 Å². The Morgan fingerprint density at radius 1 is 1.24 bits per heavy atom. The van der Waals surface area contributed by atoms with E-state index < -0.39 is 43.5 Å². The van der Waals surface area contributed by atoms with E-state index in [0.29, 0.717) is 12.8 Å². The molecule has 1 aromatic heterocycles. The quantitative estimate of drug-likeness (QED) is 0.589. The van der Waals surface area contributed by atoms with Crippen molar-refractivity contribution < 1.29 is 22.0 Å². The Morgan fingerprint density at radius 3 is 2.55 bits per heavy atom. The van der Waals surface area contributed by atoms with Gasteiger partial charge in [-0.25, -0.2) is 22.2 Å². The first-order valence-electron chi connectivity index (χ1n) is 8.68. The lowest BCUT2D eigenvalue weighted by molar-refractivity contribution is 0.102. The van der Waals surface area contributed by atoms with E-state index in [2.05, 4.69) is 15.6 Å². The van der Waals surface area contributed by atoms with Crippen molar-refractivity contribution in [3.8, 4) is 0 Å². The summed E-state index contributed by atoms with van der Waals surface area (Å²) in [5.41, 5.74) is 4.20. The van der Waals surface area contributed by atoms with Crippen LogP contribution < -0.4 is 16.4 Å². The van der Waals surface area contributed by atoms with Gasteiger partial charge in [-0.2, -0.15) is 0 Å². The number of carbonyl (C=O) groups excluding carboxylic acids is 1. The molecule has 1 aromatic carbocycles. The minimum Gasteiger partial charge on any atom is -0.350 e. The van der Waals surface area contributed by atoms with Gasteiger partial charge in [0.2, 0.25) is 0 Å². The van der Waals surface area contributed by atoms with Gasteiger partial charge in [0.25, 0.3) is 5.91 Å². The molecule has 5 N–H and O–H groups in total. The second-order valence-electron chi connectivity index (χ2n) is 7.24. The molecular formula is C18H17F2N5O3S. The van der Waals surface area contributed by atoms with E-state index in [1.807, 2.05) is 0 Å². The topological polar surface area (TPSA) is 138 Å². The Kier molecular flexibility index (Phi) is 4.21. The standard InChI is InChI=1S/C18H17F2N5O3S/c19-10-1-4-14(23-8-10)15(26)24-11-2-3-13(20)12(7-11)18(22)9-29(27,28)17(5-6-17)16(21)25-18/h1-4,7-8H,5-6,9,22H2,(H2,21,25)(H,24,26)/t18-/m0/s1. The fourth-order valence-electron chi connectivity index (χ4n) is 3.44. The van der Waals surface area contributed by atoms with E-state index in [0.717, 1.165) is 18.3 Å².